The highest BCUT2D eigenvalue weighted by atomic mass is 79.9. The van der Waals surface area contributed by atoms with E-state index < -0.39 is 0 Å². The third-order valence-corrected chi connectivity index (χ3v) is 3.00. The Morgan fingerprint density at radius 1 is 1.33 bits per heavy atom. The molecular formula is C10H10BrN3S. The molecule has 2 rings (SSSR count). The molecule has 0 bridgehead atoms. The molecule has 0 radical (unpaired) electrons. The number of rotatable bonds is 4. The van der Waals surface area contributed by atoms with Gasteiger partial charge in [-0.05, 0) is 28.1 Å². The molecule has 5 heteroatoms. The van der Waals surface area contributed by atoms with Crippen LogP contribution in [0, 0.1) is 0 Å². The van der Waals surface area contributed by atoms with E-state index in [0.717, 1.165) is 29.0 Å². The molecule has 0 aliphatic rings. The number of nitrogens with zero attached hydrogens (tertiary/aromatic N) is 2. The third kappa shape index (κ3) is 3.28. The van der Waals surface area contributed by atoms with Crippen LogP contribution in [0.2, 0.25) is 0 Å². The number of halogens is 1. The van der Waals surface area contributed by atoms with E-state index in [2.05, 4.69) is 36.6 Å². The van der Waals surface area contributed by atoms with Crippen LogP contribution in [0.4, 0.5) is 5.82 Å². The minimum absolute atomic E-state index is 0.859. The first-order valence-electron chi connectivity index (χ1n) is 4.57. The van der Waals surface area contributed by atoms with Crippen LogP contribution in [0.1, 0.15) is 5.69 Å². The van der Waals surface area contributed by atoms with Crippen molar-refractivity contribution in [3.05, 3.63) is 39.4 Å². The summed E-state index contributed by atoms with van der Waals surface area (Å²) >= 11 is 4.97. The molecule has 0 aliphatic heterocycles. The molecule has 1 N–H and O–H groups in total. The lowest BCUT2D eigenvalue weighted by Gasteiger charge is -2.03. The van der Waals surface area contributed by atoms with Crippen molar-refractivity contribution in [3.63, 3.8) is 0 Å². The quantitative estimate of drug-likeness (QED) is 0.938. The van der Waals surface area contributed by atoms with Crippen LogP contribution in [0.3, 0.4) is 0 Å². The maximum Gasteiger partial charge on any atom is 0.125 e. The first-order valence-corrected chi connectivity index (χ1v) is 6.30. The van der Waals surface area contributed by atoms with Crippen molar-refractivity contribution in [2.45, 2.75) is 6.42 Å². The van der Waals surface area contributed by atoms with Crippen molar-refractivity contribution in [1.82, 2.24) is 9.97 Å². The molecule has 0 fully saturated rings. The van der Waals surface area contributed by atoms with Crippen LogP contribution in [0.25, 0.3) is 0 Å². The summed E-state index contributed by atoms with van der Waals surface area (Å²) in [6.45, 7) is 0.859. The van der Waals surface area contributed by atoms with E-state index in [9.17, 15) is 0 Å². The summed E-state index contributed by atoms with van der Waals surface area (Å²) < 4.78 is 0.993. The zero-order chi connectivity index (χ0) is 10.5. The number of thiazole rings is 1. The summed E-state index contributed by atoms with van der Waals surface area (Å²) in [5.74, 6) is 0.897. The summed E-state index contributed by atoms with van der Waals surface area (Å²) in [6.07, 6.45) is 2.71. The fraction of sp³-hybridized carbons (Fsp3) is 0.200. The second-order valence-electron chi connectivity index (χ2n) is 3.02. The van der Waals surface area contributed by atoms with Crippen LogP contribution >= 0.6 is 27.3 Å². The van der Waals surface area contributed by atoms with Crippen molar-refractivity contribution in [2.24, 2.45) is 0 Å². The molecule has 0 aliphatic carbocycles. The summed E-state index contributed by atoms with van der Waals surface area (Å²) in [7, 11) is 0. The van der Waals surface area contributed by atoms with Gasteiger partial charge in [-0.1, -0.05) is 0 Å². The standard InChI is InChI=1S/C10H10BrN3S/c11-8-1-2-10(13-5-8)12-4-3-9-6-15-7-14-9/h1-2,5-7H,3-4H2,(H,12,13). The summed E-state index contributed by atoms with van der Waals surface area (Å²) in [4.78, 5) is 8.43. The highest BCUT2D eigenvalue weighted by Gasteiger charge is 1.96. The Labute approximate surface area is 101 Å². The zero-order valence-electron chi connectivity index (χ0n) is 7.98. The molecule has 2 aromatic rings. The lowest BCUT2D eigenvalue weighted by molar-refractivity contribution is 0.968. The Kier molecular flexibility index (Phi) is 3.69. The fourth-order valence-electron chi connectivity index (χ4n) is 1.16. The molecule has 0 saturated heterocycles. The molecule has 0 spiro atoms. The molecule has 2 aromatic heterocycles. The van der Waals surface area contributed by atoms with Gasteiger partial charge in [0, 0.05) is 29.0 Å². The van der Waals surface area contributed by atoms with Gasteiger partial charge < -0.3 is 5.32 Å². The predicted molar refractivity (Wildman–Crippen MR) is 66.2 cm³/mol. The number of nitrogens with one attached hydrogen (secondary N) is 1. The van der Waals surface area contributed by atoms with Crippen molar-refractivity contribution < 1.29 is 0 Å². The molecule has 15 heavy (non-hydrogen) atoms. The summed E-state index contributed by atoms with van der Waals surface area (Å²) in [6, 6.07) is 3.92. The Morgan fingerprint density at radius 2 is 2.27 bits per heavy atom. The lowest BCUT2D eigenvalue weighted by Crippen LogP contribution is -2.06. The van der Waals surface area contributed by atoms with Crippen molar-refractivity contribution in [2.75, 3.05) is 11.9 Å². The summed E-state index contributed by atoms with van der Waals surface area (Å²) in [5.41, 5.74) is 2.98. The molecule has 2 heterocycles. The lowest BCUT2D eigenvalue weighted by atomic mass is 10.3. The van der Waals surface area contributed by atoms with E-state index in [1.165, 1.54) is 0 Å². The molecular weight excluding hydrogens is 274 g/mol. The van der Waals surface area contributed by atoms with Crippen LogP contribution < -0.4 is 5.32 Å². The Morgan fingerprint density at radius 3 is 2.93 bits per heavy atom. The predicted octanol–water partition coefficient (Wildman–Crippen LogP) is 2.96. The minimum atomic E-state index is 0.859. The molecule has 0 atom stereocenters. The minimum Gasteiger partial charge on any atom is -0.370 e. The Balaban J connectivity index is 1.81. The van der Waals surface area contributed by atoms with Crippen molar-refractivity contribution in [3.8, 4) is 0 Å². The van der Waals surface area contributed by atoms with Crippen LogP contribution in [0.15, 0.2) is 33.7 Å². The van der Waals surface area contributed by atoms with Gasteiger partial charge in [0.25, 0.3) is 0 Å². The van der Waals surface area contributed by atoms with E-state index >= 15 is 0 Å². The number of hydrogen-bond donors (Lipinski definition) is 1. The second-order valence-corrected chi connectivity index (χ2v) is 4.65. The van der Waals surface area contributed by atoms with Gasteiger partial charge in [0.15, 0.2) is 0 Å². The van der Waals surface area contributed by atoms with E-state index in [1.54, 1.807) is 17.5 Å². The maximum absolute atomic E-state index is 4.22. The fourth-order valence-corrected chi connectivity index (χ4v) is 1.99. The van der Waals surface area contributed by atoms with Crippen molar-refractivity contribution in [1.29, 1.82) is 0 Å². The number of anilines is 1. The molecule has 3 nitrogen and oxygen atoms in total. The molecule has 0 amide bonds. The van der Waals surface area contributed by atoms with Crippen molar-refractivity contribution >= 4 is 33.1 Å². The van der Waals surface area contributed by atoms with E-state index in [-0.39, 0.29) is 0 Å². The SMILES string of the molecule is Brc1ccc(NCCc2cscn2)nc1. The molecule has 0 unspecified atom stereocenters. The van der Waals surface area contributed by atoms with E-state index in [1.807, 2.05) is 17.6 Å². The van der Waals surface area contributed by atoms with Gasteiger partial charge in [0.1, 0.15) is 5.82 Å². The van der Waals surface area contributed by atoms with Gasteiger partial charge in [-0.2, -0.15) is 0 Å². The van der Waals surface area contributed by atoms with Gasteiger partial charge >= 0.3 is 0 Å². The van der Waals surface area contributed by atoms with Gasteiger partial charge in [0.2, 0.25) is 0 Å². The van der Waals surface area contributed by atoms with Gasteiger partial charge in [-0.15, -0.1) is 11.3 Å². The zero-order valence-corrected chi connectivity index (χ0v) is 10.4. The van der Waals surface area contributed by atoms with E-state index in [4.69, 9.17) is 0 Å². The second kappa shape index (κ2) is 5.23. The third-order valence-electron chi connectivity index (χ3n) is 1.90. The highest BCUT2D eigenvalue weighted by Crippen LogP contribution is 2.10. The van der Waals surface area contributed by atoms with Crippen LogP contribution in [0.5, 0.6) is 0 Å². The number of aromatic nitrogens is 2. The first-order chi connectivity index (χ1) is 7.34. The first kappa shape index (κ1) is 10.6. The van der Waals surface area contributed by atoms with Gasteiger partial charge in [-0.25, -0.2) is 9.97 Å². The summed E-state index contributed by atoms with van der Waals surface area (Å²) in [5, 5.41) is 5.31. The average Bonchev–Trinajstić information content (AvgIpc) is 2.74. The van der Waals surface area contributed by atoms with E-state index in [0.29, 0.717) is 0 Å². The monoisotopic (exact) mass is 283 g/mol. The highest BCUT2D eigenvalue weighted by molar-refractivity contribution is 9.10. The molecule has 0 aromatic carbocycles. The normalized spacial score (nSPS) is 10.2. The van der Waals surface area contributed by atoms with Gasteiger partial charge in [0.05, 0.1) is 11.2 Å². The van der Waals surface area contributed by atoms with Crippen LogP contribution in [-0.2, 0) is 6.42 Å². The average molecular weight is 284 g/mol. The number of hydrogen-bond acceptors (Lipinski definition) is 4. The van der Waals surface area contributed by atoms with Gasteiger partial charge in [-0.3, -0.25) is 0 Å². The molecule has 0 saturated carbocycles. The Bertz CT molecular complexity index is 399. The van der Waals surface area contributed by atoms with Crippen LogP contribution in [-0.4, -0.2) is 16.5 Å². The maximum atomic E-state index is 4.22. The topological polar surface area (TPSA) is 37.8 Å². The largest absolute Gasteiger partial charge is 0.370 e. The smallest absolute Gasteiger partial charge is 0.125 e. The number of pyridine rings is 1. The Hall–Kier alpha value is -0.940. The molecule has 78 valence electrons.